The summed E-state index contributed by atoms with van der Waals surface area (Å²) in [5.74, 6) is -0.861. The van der Waals surface area contributed by atoms with Gasteiger partial charge in [0.2, 0.25) is 12.0 Å². The van der Waals surface area contributed by atoms with Gasteiger partial charge in [-0.05, 0) is 12.1 Å². The number of aliphatic hydroxyl groups is 6. The van der Waals surface area contributed by atoms with E-state index < -0.39 is 61.9 Å². The molecule has 9 N–H and O–H groups in total. The third-order valence-corrected chi connectivity index (χ3v) is 7.07. The average Bonchev–Trinajstić information content (AvgIpc) is 2.97. The molecule has 2 aliphatic rings. The van der Waals surface area contributed by atoms with E-state index in [-0.39, 0.29) is 52.1 Å². The maximum atomic E-state index is 10.9. The summed E-state index contributed by atoms with van der Waals surface area (Å²) >= 11 is 0. The maximum Gasteiger partial charge on any atom is 0.402 e. The molecule has 0 saturated carbocycles. The molecule has 228 valence electrons. The molecule has 9 atom stereocenters. The molecule has 0 radical (unpaired) electrons. The van der Waals surface area contributed by atoms with Crippen LogP contribution in [-0.2, 0) is 14.2 Å². The summed E-state index contributed by atoms with van der Waals surface area (Å²) < 4.78 is 33.5. The number of phenols is 3. The van der Waals surface area contributed by atoms with Gasteiger partial charge in [-0.3, -0.25) is 0 Å². The Morgan fingerprint density at radius 1 is 0.857 bits per heavy atom. The zero-order valence-corrected chi connectivity index (χ0v) is 22.0. The van der Waals surface area contributed by atoms with E-state index >= 15 is 0 Å². The molecule has 2 saturated heterocycles. The number of hydrogen-bond acceptors (Lipinski definition) is 14. The monoisotopic (exact) mass is 595 g/mol. The molecule has 0 spiro atoms. The maximum absolute atomic E-state index is 10.9. The van der Waals surface area contributed by atoms with Crippen LogP contribution in [0.15, 0.2) is 40.8 Å². The molecule has 0 amide bonds. The van der Waals surface area contributed by atoms with Gasteiger partial charge >= 0.3 is 11.3 Å². The second kappa shape index (κ2) is 12.0. The topological polar surface area (TPSA) is 240 Å². The van der Waals surface area contributed by atoms with Crippen molar-refractivity contribution in [2.24, 2.45) is 0 Å². The largest absolute Gasteiger partial charge is 0.507 e. The molecule has 2 aliphatic heterocycles. The normalized spacial score (nSPS) is 31.6. The first-order chi connectivity index (χ1) is 20.0. The van der Waals surface area contributed by atoms with Gasteiger partial charge in [0.05, 0.1) is 32.0 Å². The van der Waals surface area contributed by atoms with Crippen LogP contribution in [0.25, 0.3) is 22.3 Å². The van der Waals surface area contributed by atoms with Crippen molar-refractivity contribution in [3.8, 4) is 40.1 Å². The van der Waals surface area contributed by atoms with Gasteiger partial charge in [-0.25, -0.2) is 4.42 Å². The second-order valence-electron chi connectivity index (χ2n) is 9.88. The number of ether oxygens (including phenoxy) is 5. The highest BCUT2D eigenvalue weighted by atomic mass is 16.7. The number of rotatable bonds is 7. The summed E-state index contributed by atoms with van der Waals surface area (Å²) in [5, 5.41) is 92.2. The van der Waals surface area contributed by atoms with Crippen LogP contribution in [-0.4, -0.2) is 122 Å². The predicted molar refractivity (Wildman–Crippen MR) is 139 cm³/mol. The Bertz CT molecular complexity index is 1410. The molecule has 0 aliphatic carbocycles. The van der Waals surface area contributed by atoms with Crippen LogP contribution >= 0.6 is 0 Å². The zero-order valence-electron chi connectivity index (χ0n) is 22.0. The smallest absolute Gasteiger partial charge is 0.402 e. The lowest BCUT2D eigenvalue weighted by Gasteiger charge is -2.44. The van der Waals surface area contributed by atoms with Crippen LogP contribution in [0, 0.1) is 0 Å². The Morgan fingerprint density at radius 2 is 1.60 bits per heavy atom. The fraction of sp³-hybridized carbons (Fsp3) is 0.444. The average molecular weight is 596 g/mol. The molecular weight excluding hydrogens is 564 g/mol. The lowest BCUT2D eigenvalue weighted by Crippen LogP contribution is -2.63. The number of fused-ring (bicyclic) bond motifs is 1. The Labute approximate surface area is 237 Å². The minimum Gasteiger partial charge on any atom is -0.507 e. The number of aliphatic hydroxyl groups excluding tert-OH is 6. The molecule has 4 unspecified atom stereocenters. The third kappa shape index (κ3) is 5.61. The van der Waals surface area contributed by atoms with Gasteiger partial charge in [0.15, 0.2) is 17.8 Å². The van der Waals surface area contributed by atoms with E-state index in [0.29, 0.717) is 5.56 Å². The molecular formula is C27H31O15+. The molecule has 0 bridgehead atoms. The van der Waals surface area contributed by atoms with Gasteiger partial charge in [0.1, 0.15) is 59.6 Å². The van der Waals surface area contributed by atoms with Crippen molar-refractivity contribution in [3.63, 3.8) is 0 Å². The van der Waals surface area contributed by atoms with Crippen LogP contribution in [0.3, 0.4) is 0 Å². The zero-order chi connectivity index (χ0) is 30.3. The summed E-state index contributed by atoms with van der Waals surface area (Å²) in [6, 6.07) is 7.87. The quantitative estimate of drug-likeness (QED) is 0.151. The lowest BCUT2D eigenvalue weighted by molar-refractivity contribution is -0.339. The van der Waals surface area contributed by atoms with E-state index in [9.17, 15) is 46.0 Å². The standard InChI is InChI=1S/C27H30O15/c1-37-17-4-10(2-3-13(17)30)24-18(7-12-14(31)5-11(29)6-16(12)39-24)40-27-23(36)21(34)25(19(8-28)41-27)42-26-22(35)20(33)15(32)9-38-26/h2-7,15,19-23,25-28,32-36H,8-9H2,1H3,(H2-,29,30,31)/p+1/t15-,19?,20-,21?,22?,23?,25+,26-,27+/m0/s1. The Balaban J connectivity index is 1.47. The fourth-order valence-corrected chi connectivity index (χ4v) is 4.79. The van der Waals surface area contributed by atoms with Crippen molar-refractivity contribution in [1.82, 2.24) is 0 Å². The van der Waals surface area contributed by atoms with Crippen molar-refractivity contribution in [3.05, 3.63) is 36.4 Å². The van der Waals surface area contributed by atoms with Crippen molar-refractivity contribution < 1.29 is 74.1 Å². The molecule has 15 heteroatoms. The highest BCUT2D eigenvalue weighted by molar-refractivity contribution is 5.88. The first kappa shape index (κ1) is 30.0. The van der Waals surface area contributed by atoms with E-state index in [1.807, 2.05) is 0 Å². The third-order valence-electron chi connectivity index (χ3n) is 7.07. The summed E-state index contributed by atoms with van der Waals surface area (Å²) in [6.45, 7) is -1.13. The molecule has 42 heavy (non-hydrogen) atoms. The first-order valence-electron chi connectivity index (χ1n) is 12.8. The molecule has 1 aromatic heterocycles. The number of methoxy groups -OCH3 is 1. The molecule has 5 rings (SSSR count). The van der Waals surface area contributed by atoms with Crippen molar-refractivity contribution in [2.75, 3.05) is 20.3 Å². The Hall–Kier alpha value is -3.51. The highest BCUT2D eigenvalue weighted by Crippen LogP contribution is 2.42. The van der Waals surface area contributed by atoms with E-state index in [0.717, 1.165) is 6.07 Å². The minimum atomic E-state index is -1.82. The Morgan fingerprint density at radius 3 is 2.31 bits per heavy atom. The molecule has 3 aromatic rings. The van der Waals surface area contributed by atoms with Gasteiger partial charge < -0.3 is 69.6 Å². The van der Waals surface area contributed by atoms with Gasteiger partial charge in [0.25, 0.3) is 0 Å². The number of hydrogen-bond donors (Lipinski definition) is 9. The molecule has 3 heterocycles. The molecule has 15 nitrogen and oxygen atoms in total. The summed E-state index contributed by atoms with van der Waals surface area (Å²) in [4.78, 5) is 0. The van der Waals surface area contributed by atoms with Gasteiger partial charge in [0, 0.05) is 18.2 Å². The first-order valence-corrected chi connectivity index (χ1v) is 12.8. The number of benzene rings is 2. The van der Waals surface area contributed by atoms with E-state index in [4.69, 9.17) is 28.1 Å². The van der Waals surface area contributed by atoms with Crippen LogP contribution < -0.4 is 9.47 Å². The molecule has 2 fully saturated rings. The van der Waals surface area contributed by atoms with Gasteiger partial charge in [-0.15, -0.1) is 0 Å². The minimum absolute atomic E-state index is 0.0127. The molecule has 2 aromatic carbocycles. The Kier molecular flexibility index (Phi) is 8.56. The second-order valence-corrected chi connectivity index (χ2v) is 9.88. The van der Waals surface area contributed by atoms with Gasteiger partial charge in [-0.1, -0.05) is 0 Å². The summed E-state index contributed by atoms with van der Waals surface area (Å²) in [5.41, 5.74) is 0.353. The van der Waals surface area contributed by atoms with E-state index in [1.165, 1.54) is 37.4 Å². The summed E-state index contributed by atoms with van der Waals surface area (Å²) in [6.07, 6.45) is -14.3. The van der Waals surface area contributed by atoms with Crippen LogP contribution in [0.5, 0.6) is 28.7 Å². The van der Waals surface area contributed by atoms with Crippen molar-refractivity contribution in [1.29, 1.82) is 0 Å². The van der Waals surface area contributed by atoms with Crippen molar-refractivity contribution in [2.45, 2.75) is 55.3 Å². The lowest BCUT2D eigenvalue weighted by atomic mass is 9.98. The van der Waals surface area contributed by atoms with Crippen LogP contribution in [0.4, 0.5) is 0 Å². The van der Waals surface area contributed by atoms with Crippen LogP contribution in [0.2, 0.25) is 0 Å². The SMILES string of the molecule is COc1cc(-c2[o+]c3cc(O)cc(O)c3cc2O[C@@H]2OC(CO)[C@@H](O[C@@H]3OC[C@H](O)[C@H](O)C3O)C(O)C2O)ccc1O. The summed E-state index contributed by atoms with van der Waals surface area (Å²) in [7, 11) is 1.34. The highest BCUT2D eigenvalue weighted by Gasteiger charge is 2.50. The van der Waals surface area contributed by atoms with Gasteiger partial charge in [-0.2, -0.15) is 0 Å². The number of phenolic OH excluding ortho intramolecular Hbond substituents is 3. The van der Waals surface area contributed by atoms with E-state index in [2.05, 4.69) is 0 Å². The predicted octanol–water partition coefficient (Wildman–Crippen LogP) is -0.852. The van der Waals surface area contributed by atoms with Crippen molar-refractivity contribution >= 4 is 11.0 Å². The number of aromatic hydroxyl groups is 3. The van der Waals surface area contributed by atoms with E-state index in [1.54, 1.807) is 0 Å². The van der Waals surface area contributed by atoms with Crippen LogP contribution in [0.1, 0.15) is 0 Å². The fourth-order valence-electron chi connectivity index (χ4n) is 4.79.